The Labute approximate surface area is 375 Å². The van der Waals surface area contributed by atoms with E-state index in [1.165, 1.54) is 199 Å². The molecule has 356 valence electrons. The molecule has 0 aromatic rings. The molecule has 0 aromatic carbocycles. The Morgan fingerprint density at radius 3 is 1.17 bits per heavy atom. The molecule has 3 unspecified atom stereocenters. The van der Waals surface area contributed by atoms with Crippen molar-refractivity contribution in [2.24, 2.45) is 5.92 Å². The monoisotopic (exact) mass is 847 g/mol. The topological polar surface area (TPSA) is 83.8 Å². The number of Topliss-reactive ketones (excluding diaryl/α,β-unsaturated/α-hetero) is 2. The number of allylic oxidation sites excluding steroid dienone is 2. The Kier molecular flexibility index (Phi) is 48.1. The summed E-state index contributed by atoms with van der Waals surface area (Å²) in [6.45, 7) is 6.46. The van der Waals surface area contributed by atoms with Gasteiger partial charge in [0.15, 0.2) is 0 Å². The highest BCUT2D eigenvalue weighted by Gasteiger charge is 2.31. The average molecular weight is 847 g/mol. The Balaban J connectivity index is 4.89. The third kappa shape index (κ3) is 42.3. The minimum absolute atomic E-state index is 0.00381. The predicted molar refractivity (Wildman–Crippen MR) is 261 cm³/mol. The zero-order chi connectivity index (χ0) is 43.8. The normalized spacial score (nSPS) is 13.3. The van der Waals surface area contributed by atoms with Crippen molar-refractivity contribution < 1.29 is 24.5 Å². The maximum Gasteiger partial charge on any atom is 0.139 e. The van der Waals surface area contributed by atoms with Crippen LogP contribution in [0.1, 0.15) is 297 Å². The number of unbranched alkanes of at least 4 members (excludes halogenated alkanes) is 35. The molecule has 0 aliphatic carbocycles. The number of hydrogen-bond acceptors (Lipinski definition) is 5. The van der Waals surface area contributed by atoms with E-state index in [1.807, 2.05) is 0 Å². The van der Waals surface area contributed by atoms with Crippen LogP contribution in [0.5, 0.6) is 0 Å². The fraction of sp³-hybridized carbons (Fsp3) is 0.927. The number of aliphatic hydroxyl groups is 2. The summed E-state index contributed by atoms with van der Waals surface area (Å²) >= 11 is 0. The molecule has 5 nitrogen and oxygen atoms in total. The van der Waals surface area contributed by atoms with E-state index in [4.69, 9.17) is 4.74 Å². The number of carbonyl (C=O) groups is 2. The van der Waals surface area contributed by atoms with E-state index in [0.717, 1.165) is 57.8 Å². The standard InChI is InChI=1S/C55H106O5/c1-4-7-10-13-16-19-22-25-26-29-31-34-37-40-43-46-54(59)53(48-51(57)45-42-39-36-33-30-27-23-20-17-14-11-8-5-2)55(60-50-52(58)49-56)47-44-41-38-35-32-28-24-21-18-15-12-9-6-3/h25-26,52-53,55-56,58H,4-24,27-50H2,1-3H3/b26-25-. The first-order valence-corrected chi connectivity index (χ1v) is 27.1. The quantitative estimate of drug-likeness (QED) is 0.0471. The van der Waals surface area contributed by atoms with Gasteiger partial charge in [-0.1, -0.05) is 245 Å². The molecule has 0 aliphatic rings. The van der Waals surface area contributed by atoms with Gasteiger partial charge in [0.1, 0.15) is 17.7 Å². The number of hydrogen-bond donors (Lipinski definition) is 2. The molecule has 0 heterocycles. The third-order valence-corrected chi connectivity index (χ3v) is 12.9. The minimum Gasteiger partial charge on any atom is -0.394 e. The second kappa shape index (κ2) is 49.0. The molecule has 0 bridgehead atoms. The average Bonchev–Trinajstić information content (AvgIpc) is 3.25. The van der Waals surface area contributed by atoms with Gasteiger partial charge in [-0.15, -0.1) is 0 Å². The molecular formula is C55H106O5. The lowest BCUT2D eigenvalue weighted by atomic mass is 9.85. The molecule has 0 aromatic heterocycles. The highest BCUT2D eigenvalue weighted by Crippen LogP contribution is 2.26. The van der Waals surface area contributed by atoms with E-state index in [1.54, 1.807) is 0 Å². The molecule has 0 radical (unpaired) electrons. The van der Waals surface area contributed by atoms with E-state index in [2.05, 4.69) is 32.9 Å². The Morgan fingerprint density at radius 2 is 0.783 bits per heavy atom. The molecular weight excluding hydrogens is 741 g/mol. The predicted octanol–water partition coefficient (Wildman–Crippen LogP) is 16.9. The number of aliphatic hydroxyl groups excluding tert-OH is 2. The number of carbonyl (C=O) groups excluding carboxylic acids is 2. The molecule has 3 atom stereocenters. The highest BCUT2D eigenvalue weighted by atomic mass is 16.5. The van der Waals surface area contributed by atoms with Crippen molar-refractivity contribution in [1.82, 2.24) is 0 Å². The molecule has 0 saturated carbocycles. The maximum absolute atomic E-state index is 13.9. The van der Waals surface area contributed by atoms with Gasteiger partial charge in [0, 0.05) is 19.3 Å². The molecule has 0 amide bonds. The van der Waals surface area contributed by atoms with Gasteiger partial charge in [-0.05, 0) is 44.9 Å². The van der Waals surface area contributed by atoms with Gasteiger partial charge in [-0.3, -0.25) is 9.59 Å². The molecule has 60 heavy (non-hydrogen) atoms. The van der Waals surface area contributed by atoms with E-state index >= 15 is 0 Å². The first-order chi connectivity index (χ1) is 29.5. The number of ether oxygens (including phenoxy) is 1. The molecule has 0 fully saturated rings. The Morgan fingerprint density at radius 1 is 0.450 bits per heavy atom. The van der Waals surface area contributed by atoms with Crippen molar-refractivity contribution in [2.45, 2.75) is 309 Å². The molecule has 5 heteroatoms. The maximum atomic E-state index is 13.9. The van der Waals surface area contributed by atoms with Crippen LogP contribution >= 0.6 is 0 Å². The van der Waals surface area contributed by atoms with Gasteiger partial charge in [-0.25, -0.2) is 0 Å². The van der Waals surface area contributed by atoms with Crippen LogP contribution in [0.15, 0.2) is 12.2 Å². The van der Waals surface area contributed by atoms with Gasteiger partial charge in [0.05, 0.1) is 25.2 Å². The fourth-order valence-electron chi connectivity index (χ4n) is 8.75. The van der Waals surface area contributed by atoms with Gasteiger partial charge >= 0.3 is 0 Å². The van der Waals surface area contributed by atoms with E-state index in [0.29, 0.717) is 12.8 Å². The zero-order valence-corrected chi connectivity index (χ0v) is 40.8. The van der Waals surface area contributed by atoms with Crippen molar-refractivity contribution in [3.05, 3.63) is 12.2 Å². The van der Waals surface area contributed by atoms with Crippen molar-refractivity contribution in [2.75, 3.05) is 13.2 Å². The highest BCUT2D eigenvalue weighted by molar-refractivity contribution is 5.88. The van der Waals surface area contributed by atoms with Gasteiger partial charge in [0.25, 0.3) is 0 Å². The van der Waals surface area contributed by atoms with Gasteiger partial charge in [-0.2, -0.15) is 0 Å². The summed E-state index contributed by atoms with van der Waals surface area (Å²) in [4.78, 5) is 27.4. The Hall–Kier alpha value is -1.04. The largest absolute Gasteiger partial charge is 0.394 e. The first-order valence-electron chi connectivity index (χ1n) is 27.1. The van der Waals surface area contributed by atoms with Crippen molar-refractivity contribution in [3.63, 3.8) is 0 Å². The van der Waals surface area contributed by atoms with Gasteiger partial charge < -0.3 is 14.9 Å². The van der Waals surface area contributed by atoms with Crippen LogP contribution in [0.3, 0.4) is 0 Å². The summed E-state index contributed by atoms with van der Waals surface area (Å²) in [5, 5.41) is 19.7. The van der Waals surface area contributed by atoms with E-state index < -0.39 is 12.0 Å². The molecule has 0 aliphatic heterocycles. The number of ketones is 2. The summed E-state index contributed by atoms with van der Waals surface area (Å²) < 4.78 is 6.25. The van der Waals surface area contributed by atoms with Crippen LogP contribution in [0.4, 0.5) is 0 Å². The Bertz CT molecular complexity index is 901. The molecule has 0 spiro atoms. The molecule has 0 saturated heterocycles. The second-order valence-electron chi connectivity index (χ2n) is 18.9. The zero-order valence-electron chi connectivity index (χ0n) is 40.8. The summed E-state index contributed by atoms with van der Waals surface area (Å²) in [6, 6.07) is 0. The summed E-state index contributed by atoms with van der Waals surface area (Å²) in [7, 11) is 0. The third-order valence-electron chi connectivity index (χ3n) is 12.9. The second-order valence-corrected chi connectivity index (χ2v) is 18.9. The van der Waals surface area contributed by atoms with Crippen LogP contribution < -0.4 is 0 Å². The van der Waals surface area contributed by atoms with Gasteiger partial charge in [0.2, 0.25) is 0 Å². The molecule has 2 N–H and O–H groups in total. The molecule has 0 rings (SSSR count). The van der Waals surface area contributed by atoms with Crippen molar-refractivity contribution in [3.8, 4) is 0 Å². The smallest absolute Gasteiger partial charge is 0.139 e. The van der Waals surface area contributed by atoms with Crippen molar-refractivity contribution >= 4 is 11.6 Å². The SMILES string of the molecule is CCCCCCCC/C=C\CCCCCCCC(=O)C(CC(=O)CCCCCCCCCCCCCCC)C(CCCCCCCCCCCCCCC)OCC(O)CO. The van der Waals surface area contributed by atoms with Crippen LogP contribution in [0.25, 0.3) is 0 Å². The lowest BCUT2D eigenvalue weighted by molar-refractivity contribution is -0.135. The summed E-state index contributed by atoms with van der Waals surface area (Å²) in [5.74, 6) is -0.119. The number of rotatable bonds is 51. The first kappa shape index (κ1) is 59.0. The van der Waals surface area contributed by atoms with E-state index in [-0.39, 0.29) is 37.3 Å². The summed E-state index contributed by atoms with van der Waals surface area (Å²) in [5.41, 5.74) is 0. The van der Waals surface area contributed by atoms with Crippen LogP contribution in [-0.2, 0) is 14.3 Å². The summed E-state index contributed by atoms with van der Waals surface area (Å²) in [6.07, 6.45) is 54.6. The lowest BCUT2D eigenvalue weighted by Crippen LogP contribution is -2.35. The fourth-order valence-corrected chi connectivity index (χ4v) is 8.75. The van der Waals surface area contributed by atoms with Crippen LogP contribution in [-0.4, -0.2) is 47.2 Å². The lowest BCUT2D eigenvalue weighted by Gasteiger charge is -2.27. The van der Waals surface area contributed by atoms with Crippen molar-refractivity contribution in [1.29, 1.82) is 0 Å². The van der Waals surface area contributed by atoms with E-state index in [9.17, 15) is 19.8 Å². The van der Waals surface area contributed by atoms with Crippen LogP contribution in [0.2, 0.25) is 0 Å². The minimum atomic E-state index is -0.971. The van der Waals surface area contributed by atoms with Crippen LogP contribution in [0, 0.1) is 5.92 Å².